The first-order chi connectivity index (χ1) is 7.61. The van der Waals surface area contributed by atoms with Gasteiger partial charge in [-0.25, -0.2) is 9.97 Å². The quantitative estimate of drug-likeness (QED) is 0.816. The Hall–Kier alpha value is -1.32. The van der Waals surface area contributed by atoms with E-state index in [1.807, 2.05) is 6.92 Å². The van der Waals surface area contributed by atoms with Crippen LogP contribution in [0.1, 0.15) is 38.9 Å². The summed E-state index contributed by atoms with van der Waals surface area (Å²) < 4.78 is 0. The fourth-order valence-corrected chi connectivity index (χ4v) is 2.03. The molecule has 3 N–H and O–H groups in total. The Kier molecular flexibility index (Phi) is 2.99. The lowest BCUT2D eigenvalue weighted by atomic mass is 9.70. The second-order valence-electron chi connectivity index (χ2n) is 4.97. The minimum absolute atomic E-state index is 0.450. The van der Waals surface area contributed by atoms with Gasteiger partial charge in [0.15, 0.2) is 0 Å². The van der Waals surface area contributed by atoms with Crippen LogP contribution in [0, 0.1) is 5.41 Å². The number of anilines is 2. The van der Waals surface area contributed by atoms with Gasteiger partial charge in [-0.15, -0.1) is 0 Å². The van der Waals surface area contributed by atoms with Gasteiger partial charge in [0.05, 0.1) is 0 Å². The third kappa shape index (κ3) is 2.43. The zero-order valence-corrected chi connectivity index (χ0v) is 10.1. The summed E-state index contributed by atoms with van der Waals surface area (Å²) in [5, 5.41) is 3.37. The number of nitrogens with two attached hydrogens (primary N) is 1. The highest BCUT2D eigenvalue weighted by atomic mass is 15.1. The molecular weight excluding hydrogens is 200 g/mol. The second-order valence-corrected chi connectivity index (χ2v) is 4.97. The zero-order valence-electron chi connectivity index (χ0n) is 10.1. The maximum atomic E-state index is 5.73. The molecule has 0 radical (unpaired) electrons. The van der Waals surface area contributed by atoms with E-state index in [9.17, 15) is 0 Å². The van der Waals surface area contributed by atoms with Gasteiger partial charge in [0.1, 0.15) is 17.5 Å². The fraction of sp³-hybridized carbons (Fsp3) is 0.667. The van der Waals surface area contributed by atoms with Gasteiger partial charge in [0, 0.05) is 19.0 Å². The van der Waals surface area contributed by atoms with E-state index in [2.05, 4.69) is 22.2 Å². The molecule has 0 saturated heterocycles. The number of nitrogen functional groups attached to an aromatic ring is 1. The standard InChI is InChI=1S/C12H20N4/c1-3-10-15-9(13)7-11(16-10)14-8-12(2)5-4-6-12/h7H,3-6,8H2,1-2H3,(H3,13,14,15,16). The van der Waals surface area contributed by atoms with Crippen molar-refractivity contribution >= 4 is 11.6 Å². The Labute approximate surface area is 96.7 Å². The number of hydrogen-bond acceptors (Lipinski definition) is 4. The Morgan fingerprint density at radius 1 is 1.44 bits per heavy atom. The van der Waals surface area contributed by atoms with Crippen molar-refractivity contribution in [2.45, 2.75) is 39.5 Å². The first-order valence-electron chi connectivity index (χ1n) is 5.99. The molecule has 4 nitrogen and oxygen atoms in total. The molecule has 1 fully saturated rings. The predicted molar refractivity (Wildman–Crippen MR) is 66.3 cm³/mol. The number of nitrogens with zero attached hydrogens (tertiary/aromatic N) is 2. The monoisotopic (exact) mass is 220 g/mol. The maximum Gasteiger partial charge on any atom is 0.132 e. The van der Waals surface area contributed by atoms with Gasteiger partial charge in [-0.1, -0.05) is 20.3 Å². The average molecular weight is 220 g/mol. The van der Waals surface area contributed by atoms with E-state index in [1.165, 1.54) is 19.3 Å². The van der Waals surface area contributed by atoms with Crippen molar-refractivity contribution < 1.29 is 0 Å². The minimum atomic E-state index is 0.450. The predicted octanol–water partition coefficient (Wildman–Crippen LogP) is 2.22. The van der Waals surface area contributed by atoms with Crippen LogP contribution in [-0.2, 0) is 6.42 Å². The molecule has 0 amide bonds. The van der Waals surface area contributed by atoms with Crippen LogP contribution >= 0.6 is 0 Å². The second kappa shape index (κ2) is 4.28. The Bertz CT molecular complexity index is 371. The van der Waals surface area contributed by atoms with Crippen molar-refractivity contribution in [3.63, 3.8) is 0 Å². The van der Waals surface area contributed by atoms with E-state index in [-0.39, 0.29) is 0 Å². The van der Waals surface area contributed by atoms with Gasteiger partial charge >= 0.3 is 0 Å². The number of rotatable bonds is 4. The van der Waals surface area contributed by atoms with Gasteiger partial charge in [0.25, 0.3) is 0 Å². The van der Waals surface area contributed by atoms with Gasteiger partial charge in [-0.05, 0) is 18.3 Å². The summed E-state index contributed by atoms with van der Waals surface area (Å²) in [5.74, 6) is 2.21. The van der Waals surface area contributed by atoms with Crippen LogP contribution in [-0.4, -0.2) is 16.5 Å². The van der Waals surface area contributed by atoms with E-state index < -0.39 is 0 Å². The van der Waals surface area contributed by atoms with E-state index in [0.29, 0.717) is 11.2 Å². The minimum Gasteiger partial charge on any atom is -0.384 e. The summed E-state index contributed by atoms with van der Waals surface area (Å²) in [7, 11) is 0. The molecule has 1 aliphatic carbocycles. The molecule has 1 aromatic rings. The molecule has 1 heterocycles. The summed E-state index contributed by atoms with van der Waals surface area (Å²) in [6.45, 7) is 5.33. The lowest BCUT2D eigenvalue weighted by molar-refractivity contribution is 0.180. The van der Waals surface area contributed by atoms with E-state index >= 15 is 0 Å². The SMILES string of the molecule is CCc1nc(N)cc(NCC2(C)CCC2)n1. The first kappa shape index (κ1) is 11.2. The Morgan fingerprint density at radius 2 is 2.19 bits per heavy atom. The van der Waals surface area contributed by atoms with Gasteiger partial charge in [0.2, 0.25) is 0 Å². The molecule has 0 aliphatic heterocycles. The van der Waals surface area contributed by atoms with Crippen LogP contribution in [0.4, 0.5) is 11.6 Å². The lowest BCUT2D eigenvalue weighted by Crippen LogP contribution is -2.33. The van der Waals surface area contributed by atoms with Gasteiger partial charge in [-0.2, -0.15) is 0 Å². The molecule has 1 aromatic heterocycles. The van der Waals surface area contributed by atoms with Crippen LogP contribution in [0.25, 0.3) is 0 Å². The number of hydrogen-bond donors (Lipinski definition) is 2. The third-order valence-corrected chi connectivity index (χ3v) is 3.37. The molecule has 0 unspecified atom stereocenters. The summed E-state index contributed by atoms with van der Waals surface area (Å²) in [4.78, 5) is 8.57. The smallest absolute Gasteiger partial charge is 0.132 e. The Balaban J connectivity index is 2.00. The van der Waals surface area contributed by atoms with Crippen LogP contribution in [0.5, 0.6) is 0 Å². The maximum absolute atomic E-state index is 5.73. The largest absolute Gasteiger partial charge is 0.384 e. The molecule has 0 spiro atoms. The highest BCUT2D eigenvalue weighted by Gasteiger charge is 2.31. The number of nitrogens with one attached hydrogen (secondary N) is 1. The molecular formula is C12H20N4. The molecule has 1 aliphatic rings. The summed E-state index contributed by atoms with van der Waals surface area (Å²) in [5.41, 5.74) is 6.18. The third-order valence-electron chi connectivity index (χ3n) is 3.37. The number of aromatic nitrogens is 2. The molecule has 16 heavy (non-hydrogen) atoms. The molecule has 1 saturated carbocycles. The molecule has 88 valence electrons. The van der Waals surface area contributed by atoms with Crippen molar-refractivity contribution in [1.82, 2.24) is 9.97 Å². The molecule has 0 aromatic carbocycles. The summed E-state index contributed by atoms with van der Waals surface area (Å²) in [6, 6.07) is 1.81. The first-order valence-corrected chi connectivity index (χ1v) is 5.99. The van der Waals surface area contributed by atoms with E-state index in [1.54, 1.807) is 6.07 Å². The summed E-state index contributed by atoms with van der Waals surface area (Å²) in [6.07, 6.45) is 4.78. The van der Waals surface area contributed by atoms with Crippen molar-refractivity contribution in [2.24, 2.45) is 5.41 Å². The van der Waals surface area contributed by atoms with Crippen LogP contribution in [0.15, 0.2) is 6.07 Å². The fourth-order valence-electron chi connectivity index (χ4n) is 2.03. The average Bonchev–Trinajstić information content (AvgIpc) is 2.23. The molecule has 4 heteroatoms. The normalized spacial score (nSPS) is 17.9. The van der Waals surface area contributed by atoms with Crippen LogP contribution in [0.3, 0.4) is 0 Å². The van der Waals surface area contributed by atoms with E-state index in [0.717, 1.165) is 24.6 Å². The highest BCUT2D eigenvalue weighted by Crippen LogP contribution is 2.40. The molecule has 0 bridgehead atoms. The zero-order chi connectivity index (χ0) is 11.6. The molecule has 2 rings (SSSR count). The van der Waals surface area contributed by atoms with Crippen molar-refractivity contribution in [3.8, 4) is 0 Å². The topological polar surface area (TPSA) is 63.8 Å². The molecule has 0 atom stereocenters. The van der Waals surface area contributed by atoms with Gasteiger partial charge < -0.3 is 11.1 Å². The summed E-state index contributed by atoms with van der Waals surface area (Å²) >= 11 is 0. The highest BCUT2D eigenvalue weighted by molar-refractivity contribution is 5.44. The van der Waals surface area contributed by atoms with Crippen molar-refractivity contribution in [2.75, 3.05) is 17.6 Å². The van der Waals surface area contributed by atoms with Gasteiger partial charge in [-0.3, -0.25) is 0 Å². The van der Waals surface area contributed by atoms with Crippen LogP contribution in [0.2, 0.25) is 0 Å². The van der Waals surface area contributed by atoms with Crippen molar-refractivity contribution in [1.29, 1.82) is 0 Å². The van der Waals surface area contributed by atoms with Crippen LogP contribution < -0.4 is 11.1 Å². The van der Waals surface area contributed by atoms with Crippen molar-refractivity contribution in [3.05, 3.63) is 11.9 Å². The lowest BCUT2D eigenvalue weighted by Gasteiger charge is -2.38. The van der Waals surface area contributed by atoms with E-state index in [4.69, 9.17) is 5.73 Å². The Morgan fingerprint density at radius 3 is 2.75 bits per heavy atom. The number of aryl methyl sites for hydroxylation is 1.